The number of fused-ring (bicyclic) bond motifs is 12. The molecule has 0 N–H and O–H groups in total. The van der Waals surface area contributed by atoms with Crippen LogP contribution in [0.1, 0.15) is 0 Å². The Morgan fingerprint density at radius 2 is 0.769 bits per heavy atom. The fraction of sp³-hybridized carbons (Fsp3) is 0. The van der Waals surface area contributed by atoms with Gasteiger partial charge in [0, 0.05) is 65.4 Å². The Morgan fingerprint density at radius 1 is 0.346 bits per heavy atom. The minimum Gasteiger partial charge on any atom is -0.309 e. The van der Waals surface area contributed by atoms with Crippen LogP contribution in [-0.4, -0.2) is 18.7 Å². The van der Waals surface area contributed by atoms with Crippen LogP contribution in [0.5, 0.6) is 0 Å². The maximum absolute atomic E-state index is 4.77. The largest absolute Gasteiger partial charge is 0.309 e. The van der Waals surface area contributed by atoms with Gasteiger partial charge >= 0.3 is 0 Å². The van der Waals surface area contributed by atoms with Crippen LogP contribution < -0.4 is 0 Å². The van der Waals surface area contributed by atoms with E-state index < -0.39 is 0 Å². The fourth-order valence-corrected chi connectivity index (χ4v) is 9.90. The first-order valence-electron chi connectivity index (χ1n) is 17.6. The Hall–Kier alpha value is -6.69. The maximum Gasteiger partial charge on any atom is 0.0825 e. The summed E-state index contributed by atoms with van der Waals surface area (Å²) in [7, 11) is 0. The van der Waals surface area contributed by atoms with Gasteiger partial charge in [-0.2, -0.15) is 0 Å². The minimum atomic E-state index is 1.12. The van der Waals surface area contributed by atoms with Crippen molar-refractivity contribution in [1.82, 2.24) is 18.7 Å². The van der Waals surface area contributed by atoms with E-state index in [1.165, 1.54) is 85.6 Å². The van der Waals surface area contributed by atoms with Gasteiger partial charge in [-0.05, 0) is 66.7 Å². The van der Waals surface area contributed by atoms with Gasteiger partial charge in [0.15, 0.2) is 0 Å². The third kappa shape index (κ3) is 3.72. The van der Waals surface area contributed by atoms with Gasteiger partial charge in [0.25, 0.3) is 0 Å². The number of thiophene rings is 1. The summed E-state index contributed by atoms with van der Waals surface area (Å²) in [5, 5.41) is 9.93. The number of aromatic nitrogens is 4. The van der Waals surface area contributed by atoms with E-state index in [0.717, 1.165) is 17.1 Å². The fourth-order valence-electron chi connectivity index (χ4n) is 8.72. The van der Waals surface area contributed by atoms with Crippen molar-refractivity contribution in [1.29, 1.82) is 0 Å². The normalized spacial score (nSPS) is 12.2. The molecular formula is C47H28N4S. The zero-order chi connectivity index (χ0) is 33.9. The van der Waals surface area contributed by atoms with Gasteiger partial charge in [-0.1, -0.05) is 91.0 Å². The molecule has 0 atom stereocenters. The van der Waals surface area contributed by atoms with E-state index in [-0.39, 0.29) is 0 Å². The molecule has 4 nitrogen and oxygen atoms in total. The molecule has 0 radical (unpaired) electrons. The first-order chi connectivity index (χ1) is 25.8. The van der Waals surface area contributed by atoms with E-state index in [1.54, 1.807) is 0 Å². The lowest BCUT2D eigenvalue weighted by Gasteiger charge is -2.11. The monoisotopic (exact) mass is 680 g/mol. The molecule has 0 aliphatic rings. The van der Waals surface area contributed by atoms with E-state index in [9.17, 15) is 0 Å². The van der Waals surface area contributed by atoms with E-state index in [4.69, 9.17) is 4.98 Å². The first kappa shape index (κ1) is 28.1. The highest BCUT2D eigenvalue weighted by Gasteiger charge is 2.20. The SMILES string of the molecule is c1ccc2c(c1)sc1c(-n3c4ccccc4c4cc(-n5c6ccccc6c6cc(-n7c8ccccc8c8ccccc87)ccc65)ccc43)cncc12. The van der Waals surface area contributed by atoms with E-state index >= 15 is 0 Å². The zero-order valence-corrected chi connectivity index (χ0v) is 28.7. The van der Waals surface area contributed by atoms with Crippen LogP contribution in [-0.2, 0) is 0 Å². The van der Waals surface area contributed by atoms with Gasteiger partial charge < -0.3 is 13.7 Å². The Labute approximate surface area is 301 Å². The summed E-state index contributed by atoms with van der Waals surface area (Å²) in [5.41, 5.74) is 10.6. The highest BCUT2D eigenvalue weighted by atomic mass is 32.1. The topological polar surface area (TPSA) is 27.7 Å². The number of pyridine rings is 1. The van der Waals surface area contributed by atoms with Gasteiger partial charge in [-0.25, -0.2) is 0 Å². The van der Waals surface area contributed by atoms with Crippen molar-refractivity contribution >= 4 is 96.9 Å². The van der Waals surface area contributed by atoms with Crippen LogP contribution in [0.2, 0.25) is 0 Å². The number of nitrogens with zero attached hydrogens (tertiary/aromatic N) is 4. The Bertz CT molecular complexity index is 3370. The molecule has 0 spiro atoms. The number of benzene rings is 7. The smallest absolute Gasteiger partial charge is 0.0825 e. The molecule has 0 aliphatic carbocycles. The molecule has 0 amide bonds. The first-order valence-corrected chi connectivity index (χ1v) is 18.4. The molecule has 0 fully saturated rings. The predicted octanol–water partition coefficient (Wildman–Crippen LogP) is 12.7. The second-order valence-corrected chi connectivity index (χ2v) is 14.7. The quantitative estimate of drug-likeness (QED) is 0.182. The molecule has 12 aromatic rings. The Kier molecular flexibility index (Phi) is 5.62. The minimum absolute atomic E-state index is 1.12. The Morgan fingerprint density at radius 3 is 1.33 bits per heavy atom. The molecule has 0 unspecified atom stereocenters. The van der Waals surface area contributed by atoms with Gasteiger partial charge in [0.2, 0.25) is 0 Å². The molecule has 0 saturated heterocycles. The molecular weight excluding hydrogens is 653 g/mol. The van der Waals surface area contributed by atoms with Crippen LogP contribution >= 0.6 is 11.3 Å². The van der Waals surface area contributed by atoms with Crippen LogP contribution in [0.3, 0.4) is 0 Å². The van der Waals surface area contributed by atoms with E-state index in [1.807, 2.05) is 23.7 Å². The number of para-hydroxylation sites is 4. The average molecular weight is 681 g/mol. The molecule has 7 aromatic carbocycles. The molecule has 0 aliphatic heterocycles. The second kappa shape index (κ2) is 10.4. The lowest BCUT2D eigenvalue weighted by molar-refractivity contribution is 1.16. The van der Waals surface area contributed by atoms with Crippen molar-refractivity contribution in [3.8, 4) is 17.1 Å². The van der Waals surface area contributed by atoms with Crippen molar-refractivity contribution in [2.45, 2.75) is 0 Å². The molecule has 5 heterocycles. The Balaban J connectivity index is 1.10. The van der Waals surface area contributed by atoms with Gasteiger partial charge in [-0.3, -0.25) is 4.98 Å². The van der Waals surface area contributed by atoms with Crippen LogP contribution in [0.25, 0.3) is 103 Å². The maximum atomic E-state index is 4.77. The number of hydrogen-bond acceptors (Lipinski definition) is 2. The van der Waals surface area contributed by atoms with Crippen molar-refractivity contribution in [2.24, 2.45) is 0 Å². The number of hydrogen-bond donors (Lipinski definition) is 0. The molecule has 5 heteroatoms. The van der Waals surface area contributed by atoms with Gasteiger partial charge in [0.1, 0.15) is 0 Å². The highest BCUT2D eigenvalue weighted by Crippen LogP contribution is 2.42. The summed E-state index contributed by atoms with van der Waals surface area (Å²) in [5.74, 6) is 0. The van der Waals surface area contributed by atoms with Gasteiger partial charge in [0.05, 0.1) is 49.7 Å². The van der Waals surface area contributed by atoms with Crippen molar-refractivity contribution in [3.63, 3.8) is 0 Å². The predicted molar refractivity (Wildman–Crippen MR) is 220 cm³/mol. The lowest BCUT2D eigenvalue weighted by atomic mass is 10.1. The lowest BCUT2D eigenvalue weighted by Crippen LogP contribution is -1.97. The van der Waals surface area contributed by atoms with Crippen molar-refractivity contribution in [3.05, 3.63) is 170 Å². The third-order valence-electron chi connectivity index (χ3n) is 10.9. The van der Waals surface area contributed by atoms with Crippen molar-refractivity contribution < 1.29 is 0 Å². The van der Waals surface area contributed by atoms with E-state index in [0.29, 0.717) is 0 Å². The summed E-state index contributed by atoms with van der Waals surface area (Å²) in [6.07, 6.45) is 4.04. The van der Waals surface area contributed by atoms with E-state index in [2.05, 4.69) is 171 Å². The molecule has 242 valence electrons. The highest BCUT2D eigenvalue weighted by molar-refractivity contribution is 7.26. The third-order valence-corrected chi connectivity index (χ3v) is 12.1. The molecule has 52 heavy (non-hydrogen) atoms. The van der Waals surface area contributed by atoms with Crippen molar-refractivity contribution in [2.75, 3.05) is 0 Å². The summed E-state index contributed by atoms with van der Waals surface area (Å²) in [4.78, 5) is 4.77. The average Bonchev–Trinajstić information content (AvgIpc) is 3.94. The molecule has 12 rings (SSSR count). The zero-order valence-electron chi connectivity index (χ0n) is 27.9. The summed E-state index contributed by atoms with van der Waals surface area (Å²) in [6.45, 7) is 0. The second-order valence-electron chi connectivity index (χ2n) is 13.6. The summed E-state index contributed by atoms with van der Waals surface area (Å²) < 4.78 is 9.78. The molecule has 5 aromatic heterocycles. The number of rotatable bonds is 3. The van der Waals surface area contributed by atoms with Crippen LogP contribution in [0.15, 0.2) is 170 Å². The van der Waals surface area contributed by atoms with Crippen LogP contribution in [0, 0.1) is 0 Å². The standard InChI is InChI=1S/C47H28N4S/c1-6-16-39-31(11-1)32-12-2-7-17-40(32)49(39)29-21-23-43-36(25-29)33-13-3-8-18-41(33)50(43)30-22-24-44-37(26-30)34-14-4-9-19-42(34)51(44)45-28-48-27-38-35-15-5-10-20-46(35)52-47(38)45/h1-28H. The van der Waals surface area contributed by atoms with Gasteiger partial charge in [-0.15, -0.1) is 11.3 Å². The molecule has 0 saturated carbocycles. The summed E-state index contributed by atoms with van der Waals surface area (Å²) >= 11 is 1.84. The summed E-state index contributed by atoms with van der Waals surface area (Å²) in [6, 6.07) is 57.6. The molecule has 0 bridgehead atoms. The van der Waals surface area contributed by atoms with Crippen LogP contribution in [0.4, 0.5) is 0 Å².